The van der Waals surface area contributed by atoms with E-state index in [-0.39, 0.29) is 5.76 Å². The summed E-state index contributed by atoms with van der Waals surface area (Å²) < 4.78 is 5.44. The molecule has 0 radical (unpaired) electrons. The topological polar surface area (TPSA) is 49.7 Å². The van der Waals surface area contributed by atoms with Gasteiger partial charge in [0.15, 0.2) is 0 Å². The molecule has 0 fully saturated rings. The Morgan fingerprint density at radius 1 is 0.923 bits per heavy atom. The maximum absolute atomic E-state index is 9.79. The first-order chi connectivity index (χ1) is 12.6. The minimum atomic E-state index is -0.957. The van der Waals surface area contributed by atoms with Crippen molar-refractivity contribution in [3.05, 3.63) is 53.8 Å². The Morgan fingerprint density at radius 2 is 1.50 bits per heavy atom. The third-order valence-electron chi connectivity index (χ3n) is 4.13. The van der Waals surface area contributed by atoms with Crippen LogP contribution in [0.25, 0.3) is 5.57 Å². The molecule has 2 rings (SSSR count). The molecule has 1 aromatic rings. The molecular weight excluding hydrogens is 343 g/mol. The second-order valence-electron chi connectivity index (χ2n) is 6.38. The molecule has 0 aliphatic heterocycles. The van der Waals surface area contributed by atoms with Gasteiger partial charge in [0, 0.05) is 24.1 Å². The zero-order valence-corrected chi connectivity index (χ0v) is 17.1. The molecule has 26 heavy (non-hydrogen) atoms. The first-order valence-electron chi connectivity index (χ1n) is 9.62. The van der Waals surface area contributed by atoms with Crippen molar-refractivity contribution in [3.8, 4) is 0 Å². The van der Waals surface area contributed by atoms with Gasteiger partial charge in [0.25, 0.3) is 0 Å². The standard InChI is InChI=1S/C12H11O2P.C10H22O/c13-11-9(6-7-10(15)12(11)14)8-4-2-1-3-5-8;1-3-5-7-9-11-10-8-6-4-2/h1-7,12-15H;3-10H2,1-2H3. The normalized spacial score (nSPS) is 16.4. The molecule has 1 aliphatic rings. The minimum absolute atomic E-state index is 0.0197. The molecular formula is C22H33O3P. The number of rotatable bonds is 9. The number of allylic oxidation sites excluding steroid dienone is 2. The molecule has 0 bridgehead atoms. The molecule has 0 saturated heterocycles. The van der Waals surface area contributed by atoms with Crippen LogP contribution in [0.4, 0.5) is 0 Å². The highest BCUT2D eigenvalue weighted by Crippen LogP contribution is 2.25. The number of aliphatic hydroxyl groups is 2. The molecule has 3 nitrogen and oxygen atoms in total. The van der Waals surface area contributed by atoms with Crippen molar-refractivity contribution in [2.24, 2.45) is 0 Å². The lowest BCUT2D eigenvalue weighted by molar-refractivity contribution is 0.126. The van der Waals surface area contributed by atoms with E-state index < -0.39 is 6.10 Å². The summed E-state index contributed by atoms with van der Waals surface area (Å²) in [5, 5.41) is 20.0. The van der Waals surface area contributed by atoms with Crippen molar-refractivity contribution < 1.29 is 14.9 Å². The van der Waals surface area contributed by atoms with E-state index in [2.05, 4.69) is 22.7 Å². The molecule has 144 valence electrons. The van der Waals surface area contributed by atoms with Gasteiger partial charge in [-0.3, -0.25) is 0 Å². The van der Waals surface area contributed by atoms with Gasteiger partial charge in [-0.05, 0) is 18.4 Å². The Hall–Kier alpha value is -1.41. The maximum Gasteiger partial charge on any atom is 0.140 e. The SMILES string of the molecule is CCCCCOCCCCC.OC1=C(c2ccccc2)C=CC(=P)C1O. The predicted octanol–water partition coefficient (Wildman–Crippen LogP) is 5.59. The molecule has 1 aliphatic carbocycles. The minimum Gasteiger partial charge on any atom is -0.509 e. The highest BCUT2D eigenvalue weighted by molar-refractivity contribution is 7.22. The Morgan fingerprint density at radius 3 is 2.04 bits per heavy atom. The molecule has 0 saturated carbocycles. The van der Waals surface area contributed by atoms with Gasteiger partial charge in [-0.15, -0.1) is 8.86 Å². The number of benzene rings is 1. The molecule has 0 heterocycles. The fourth-order valence-electron chi connectivity index (χ4n) is 2.52. The second kappa shape index (κ2) is 13.7. The fraction of sp³-hybridized carbons (Fsp3) is 0.500. The van der Waals surface area contributed by atoms with Crippen molar-refractivity contribution >= 4 is 19.7 Å². The second-order valence-corrected chi connectivity index (χ2v) is 6.96. The van der Waals surface area contributed by atoms with Crippen LogP contribution in [0, 0.1) is 0 Å². The van der Waals surface area contributed by atoms with E-state index in [1.54, 1.807) is 12.2 Å². The highest BCUT2D eigenvalue weighted by atomic mass is 31.0. The lowest BCUT2D eigenvalue weighted by atomic mass is 9.96. The third-order valence-corrected chi connectivity index (χ3v) is 4.57. The van der Waals surface area contributed by atoms with Crippen LogP contribution in [0.5, 0.6) is 0 Å². The van der Waals surface area contributed by atoms with Crippen LogP contribution < -0.4 is 0 Å². The zero-order chi connectivity index (χ0) is 19.2. The van der Waals surface area contributed by atoms with Gasteiger partial charge in [-0.1, -0.05) is 82.0 Å². The quantitative estimate of drug-likeness (QED) is 0.437. The summed E-state index contributed by atoms with van der Waals surface area (Å²) in [7, 11) is 3.23. The van der Waals surface area contributed by atoms with Gasteiger partial charge >= 0.3 is 0 Å². The van der Waals surface area contributed by atoms with E-state index in [1.165, 1.54) is 38.5 Å². The van der Waals surface area contributed by atoms with Gasteiger partial charge in [0.1, 0.15) is 11.9 Å². The third kappa shape index (κ3) is 8.31. The van der Waals surface area contributed by atoms with E-state index in [4.69, 9.17) is 4.74 Å². The van der Waals surface area contributed by atoms with E-state index >= 15 is 0 Å². The van der Waals surface area contributed by atoms with Crippen LogP contribution in [-0.4, -0.2) is 34.8 Å². The van der Waals surface area contributed by atoms with Crippen molar-refractivity contribution in [1.29, 1.82) is 0 Å². The Labute approximate surface area is 160 Å². The Bertz CT molecular complexity index is 570. The zero-order valence-electron chi connectivity index (χ0n) is 16.1. The molecule has 0 spiro atoms. The van der Waals surface area contributed by atoms with Gasteiger partial charge in [0.2, 0.25) is 0 Å². The molecule has 0 aromatic heterocycles. The highest BCUT2D eigenvalue weighted by Gasteiger charge is 2.20. The van der Waals surface area contributed by atoms with Gasteiger partial charge < -0.3 is 14.9 Å². The molecule has 4 heteroatoms. The first-order valence-corrected chi connectivity index (χ1v) is 10.1. The lowest BCUT2D eigenvalue weighted by Gasteiger charge is -2.17. The molecule has 1 atom stereocenters. The summed E-state index contributed by atoms with van der Waals surface area (Å²) in [4.78, 5) is 0. The summed E-state index contributed by atoms with van der Waals surface area (Å²) >= 11 is 0. The van der Waals surface area contributed by atoms with E-state index in [9.17, 15) is 10.2 Å². The molecule has 1 unspecified atom stereocenters. The smallest absolute Gasteiger partial charge is 0.140 e. The average Bonchev–Trinajstić information content (AvgIpc) is 2.67. The average molecular weight is 376 g/mol. The van der Waals surface area contributed by atoms with E-state index in [0.717, 1.165) is 18.8 Å². The number of aliphatic hydroxyl groups excluding tert-OH is 2. The van der Waals surface area contributed by atoms with E-state index in [0.29, 0.717) is 10.9 Å². The van der Waals surface area contributed by atoms with Crippen molar-refractivity contribution in [2.45, 2.75) is 58.5 Å². The van der Waals surface area contributed by atoms with Crippen molar-refractivity contribution in [1.82, 2.24) is 0 Å². The van der Waals surface area contributed by atoms with Gasteiger partial charge in [-0.2, -0.15) is 0 Å². The maximum atomic E-state index is 9.79. The van der Waals surface area contributed by atoms with E-state index in [1.807, 2.05) is 30.3 Å². The van der Waals surface area contributed by atoms with Crippen LogP contribution in [0.2, 0.25) is 0 Å². The summed E-state index contributed by atoms with van der Waals surface area (Å²) in [6.45, 7) is 6.38. The largest absolute Gasteiger partial charge is 0.509 e. The summed E-state index contributed by atoms with van der Waals surface area (Å²) in [5.74, 6) is -0.0197. The predicted molar refractivity (Wildman–Crippen MR) is 114 cm³/mol. The number of hydrogen-bond acceptors (Lipinski definition) is 3. The number of unbranched alkanes of at least 4 members (excludes halogenated alkanes) is 4. The van der Waals surface area contributed by atoms with Crippen LogP contribution in [0.15, 0.2) is 48.2 Å². The Kier molecular flexibility index (Phi) is 12.0. The monoisotopic (exact) mass is 376 g/mol. The van der Waals surface area contributed by atoms with Crippen molar-refractivity contribution in [3.63, 3.8) is 0 Å². The molecule has 0 amide bonds. The number of ether oxygens (including phenoxy) is 1. The lowest BCUT2D eigenvalue weighted by Crippen LogP contribution is -2.22. The number of hydrogen-bond donors (Lipinski definition) is 2. The van der Waals surface area contributed by atoms with Crippen LogP contribution >= 0.6 is 8.86 Å². The van der Waals surface area contributed by atoms with Gasteiger partial charge in [0.05, 0.1) is 0 Å². The summed E-state index contributed by atoms with van der Waals surface area (Å²) in [5.41, 5.74) is 1.55. The van der Waals surface area contributed by atoms with Crippen LogP contribution in [0.3, 0.4) is 0 Å². The summed E-state index contributed by atoms with van der Waals surface area (Å²) in [6.07, 6.45) is 10.2. The van der Waals surface area contributed by atoms with Gasteiger partial charge in [-0.25, -0.2) is 0 Å². The van der Waals surface area contributed by atoms with Crippen LogP contribution in [0.1, 0.15) is 57.9 Å². The fourth-order valence-corrected chi connectivity index (χ4v) is 2.74. The van der Waals surface area contributed by atoms with Crippen molar-refractivity contribution in [2.75, 3.05) is 13.2 Å². The summed E-state index contributed by atoms with van der Waals surface area (Å²) in [6, 6.07) is 9.47. The Balaban J connectivity index is 0.000000276. The van der Waals surface area contributed by atoms with Crippen LogP contribution in [-0.2, 0) is 4.74 Å². The molecule has 1 aromatic carbocycles. The molecule has 2 N–H and O–H groups in total. The first kappa shape index (κ1) is 22.6.